The average molecular weight is 449 g/mol. The highest BCUT2D eigenvalue weighted by atomic mass is 35.5. The fraction of sp³-hybridized carbons (Fsp3) is 0.259. The highest BCUT2D eigenvalue weighted by Crippen LogP contribution is 2.18. The van der Waals surface area contributed by atoms with Crippen molar-refractivity contribution in [2.75, 3.05) is 0 Å². The number of nitrogens with zero attached hydrogens (tertiary/aromatic N) is 1. The molecule has 0 bridgehead atoms. The van der Waals surface area contributed by atoms with Crippen molar-refractivity contribution in [1.82, 2.24) is 10.2 Å². The largest absolute Gasteiger partial charge is 0.352 e. The molecule has 0 aliphatic heterocycles. The number of halogens is 1. The molecule has 166 valence electrons. The van der Waals surface area contributed by atoms with Crippen LogP contribution >= 0.6 is 11.6 Å². The molecule has 1 atom stereocenters. The summed E-state index contributed by atoms with van der Waals surface area (Å²) in [7, 11) is 0. The number of benzene rings is 3. The molecule has 0 saturated heterocycles. The first kappa shape index (κ1) is 23.6. The lowest BCUT2D eigenvalue weighted by Gasteiger charge is -2.32. The first-order chi connectivity index (χ1) is 15.4. The number of rotatable bonds is 9. The fourth-order valence-electron chi connectivity index (χ4n) is 3.59. The summed E-state index contributed by atoms with van der Waals surface area (Å²) in [5, 5.41) is 3.64. The second-order valence-electron chi connectivity index (χ2n) is 8.18. The van der Waals surface area contributed by atoms with Gasteiger partial charge in [-0.05, 0) is 42.7 Å². The molecule has 3 aromatic carbocycles. The topological polar surface area (TPSA) is 49.4 Å². The van der Waals surface area contributed by atoms with Crippen molar-refractivity contribution in [2.24, 2.45) is 0 Å². The van der Waals surface area contributed by atoms with Crippen LogP contribution in [-0.4, -0.2) is 28.8 Å². The van der Waals surface area contributed by atoms with Gasteiger partial charge in [-0.2, -0.15) is 0 Å². The molecule has 2 amide bonds. The van der Waals surface area contributed by atoms with E-state index in [0.29, 0.717) is 18.0 Å². The normalized spacial score (nSPS) is 11.8. The second-order valence-corrected chi connectivity index (χ2v) is 8.62. The van der Waals surface area contributed by atoms with E-state index in [1.54, 1.807) is 17.0 Å². The summed E-state index contributed by atoms with van der Waals surface area (Å²) in [6, 6.07) is 26.2. The van der Waals surface area contributed by atoms with E-state index in [1.165, 1.54) is 0 Å². The van der Waals surface area contributed by atoms with Crippen LogP contribution in [0.3, 0.4) is 0 Å². The molecule has 0 saturated carbocycles. The number of nitrogens with one attached hydrogen (secondary N) is 1. The Morgan fingerprint density at radius 3 is 1.94 bits per heavy atom. The van der Waals surface area contributed by atoms with Gasteiger partial charge in [-0.3, -0.25) is 9.59 Å². The lowest BCUT2D eigenvalue weighted by Crippen LogP contribution is -2.52. The van der Waals surface area contributed by atoms with Gasteiger partial charge in [0.2, 0.25) is 11.8 Å². The second kappa shape index (κ2) is 11.5. The van der Waals surface area contributed by atoms with Gasteiger partial charge in [-0.25, -0.2) is 0 Å². The Morgan fingerprint density at radius 1 is 0.812 bits per heavy atom. The summed E-state index contributed by atoms with van der Waals surface area (Å²) < 4.78 is 0. The minimum atomic E-state index is -0.633. The highest BCUT2D eigenvalue weighted by molar-refractivity contribution is 6.30. The van der Waals surface area contributed by atoms with Gasteiger partial charge in [0.05, 0.1) is 6.42 Å². The first-order valence-corrected chi connectivity index (χ1v) is 11.2. The summed E-state index contributed by atoms with van der Waals surface area (Å²) in [5.74, 6) is -0.245. The van der Waals surface area contributed by atoms with Crippen molar-refractivity contribution in [3.8, 4) is 0 Å². The minimum absolute atomic E-state index is 0.0256. The van der Waals surface area contributed by atoms with E-state index < -0.39 is 6.04 Å². The molecule has 32 heavy (non-hydrogen) atoms. The molecular weight excluding hydrogens is 420 g/mol. The molecule has 0 heterocycles. The molecule has 0 aliphatic carbocycles. The SMILES string of the molecule is CC(C)NC(=O)[C@H](Cc1ccccc1)N(Cc1ccc(Cl)cc1)C(=O)Cc1ccccc1. The van der Waals surface area contributed by atoms with E-state index in [9.17, 15) is 9.59 Å². The maximum Gasteiger partial charge on any atom is 0.243 e. The Hall–Kier alpha value is -3.11. The van der Waals surface area contributed by atoms with Crippen molar-refractivity contribution in [3.05, 3.63) is 107 Å². The van der Waals surface area contributed by atoms with E-state index in [4.69, 9.17) is 11.6 Å². The van der Waals surface area contributed by atoms with Gasteiger partial charge in [0.25, 0.3) is 0 Å². The lowest BCUT2D eigenvalue weighted by atomic mass is 10.0. The molecule has 3 aromatic rings. The Kier molecular flexibility index (Phi) is 8.46. The van der Waals surface area contributed by atoms with E-state index >= 15 is 0 Å². The molecule has 0 radical (unpaired) electrons. The average Bonchev–Trinajstić information content (AvgIpc) is 2.78. The van der Waals surface area contributed by atoms with Gasteiger partial charge in [0, 0.05) is 24.0 Å². The molecule has 3 rings (SSSR count). The third-order valence-electron chi connectivity index (χ3n) is 5.17. The van der Waals surface area contributed by atoms with Crippen LogP contribution in [-0.2, 0) is 29.0 Å². The zero-order chi connectivity index (χ0) is 22.9. The van der Waals surface area contributed by atoms with E-state index in [2.05, 4.69) is 5.32 Å². The first-order valence-electron chi connectivity index (χ1n) is 10.8. The predicted octanol–water partition coefficient (Wildman–Crippen LogP) is 5.05. The minimum Gasteiger partial charge on any atom is -0.352 e. The van der Waals surface area contributed by atoms with E-state index in [0.717, 1.165) is 16.7 Å². The summed E-state index contributed by atoms with van der Waals surface area (Å²) in [5.41, 5.74) is 2.84. The van der Waals surface area contributed by atoms with Crippen LogP contribution in [0.5, 0.6) is 0 Å². The molecule has 0 spiro atoms. The van der Waals surface area contributed by atoms with Crippen molar-refractivity contribution in [3.63, 3.8) is 0 Å². The Labute approximate surface area is 195 Å². The van der Waals surface area contributed by atoms with Crippen molar-refractivity contribution in [2.45, 2.75) is 45.3 Å². The molecule has 0 fully saturated rings. The van der Waals surface area contributed by atoms with E-state index in [-0.39, 0.29) is 24.3 Å². The maximum atomic E-state index is 13.5. The van der Waals surface area contributed by atoms with Crippen molar-refractivity contribution in [1.29, 1.82) is 0 Å². The Morgan fingerprint density at radius 2 is 1.38 bits per heavy atom. The number of hydrogen-bond donors (Lipinski definition) is 1. The van der Waals surface area contributed by atoms with Crippen LogP contribution in [0.15, 0.2) is 84.9 Å². The molecule has 0 aromatic heterocycles. The van der Waals surface area contributed by atoms with Crippen LogP contribution in [0.2, 0.25) is 5.02 Å². The van der Waals surface area contributed by atoms with Crippen LogP contribution < -0.4 is 5.32 Å². The van der Waals surface area contributed by atoms with Crippen molar-refractivity contribution < 1.29 is 9.59 Å². The quantitative estimate of drug-likeness (QED) is 0.498. The molecule has 4 nitrogen and oxygen atoms in total. The third-order valence-corrected chi connectivity index (χ3v) is 5.42. The summed E-state index contributed by atoms with van der Waals surface area (Å²) in [6.45, 7) is 4.17. The van der Waals surface area contributed by atoms with Crippen LogP contribution in [0.25, 0.3) is 0 Å². The van der Waals surface area contributed by atoms with Gasteiger partial charge in [0.15, 0.2) is 0 Å². The van der Waals surface area contributed by atoms with Crippen LogP contribution in [0.1, 0.15) is 30.5 Å². The fourth-order valence-corrected chi connectivity index (χ4v) is 3.72. The smallest absolute Gasteiger partial charge is 0.243 e. The number of carbonyl (C=O) groups excluding carboxylic acids is 2. The standard InChI is InChI=1S/C27H29ClN2O2/c1-20(2)29-27(32)25(17-21-9-5-3-6-10-21)30(19-23-13-15-24(28)16-14-23)26(31)18-22-11-7-4-8-12-22/h3-16,20,25H,17-19H2,1-2H3,(H,29,32)/t25-/m0/s1. The summed E-state index contributed by atoms with van der Waals surface area (Å²) in [6.07, 6.45) is 0.669. The zero-order valence-corrected chi connectivity index (χ0v) is 19.3. The Bertz CT molecular complexity index is 1000. The van der Waals surface area contributed by atoms with Crippen molar-refractivity contribution >= 4 is 23.4 Å². The monoisotopic (exact) mass is 448 g/mol. The summed E-state index contributed by atoms with van der Waals surface area (Å²) >= 11 is 6.05. The van der Waals surface area contributed by atoms with Gasteiger partial charge in [0.1, 0.15) is 6.04 Å². The summed E-state index contributed by atoms with van der Waals surface area (Å²) in [4.78, 5) is 28.5. The predicted molar refractivity (Wildman–Crippen MR) is 129 cm³/mol. The molecule has 0 unspecified atom stereocenters. The van der Waals surface area contributed by atoms with Gasteiger partial charge < -0.3 is 10.2 Å². The molecule has 1 N–H and O–H groups in total. The highest BCUT2D eigenvalue weighted by Gasteiger charge is 2.30. The van der Waals surface area contributed by atoms with Crippen LogP contribution in [0.4, 0.5) is 0 Å². The lowest BCUT2D eigenvalue weighted by molar-refractivity contribution is -0.141. The van der Waals surface area contributed by atoms with E-state index in [1.807, 2.05) is 86.6 Å². The number of amides is 2. The molecule has 0 aliphatic rings. The number of carbonyl (C=O) groups is 2. The maximum absolute atomic E-state index is 13.5. The van der Waals surface area contributed by atoms with Crippen LogP contribution in [0, 0.1) is 0 Å². The van der Waals surface area contributed by atoms with Gasteiger partial charge in [-0.1, -0.05) is 84.4 Å². The Balaban J connectivity index is 1.94. The van der Waals surface area contributed by atoms with Gasteiger partial charge >= 0.3 is 0 Å². The zero-order valence-electron chi connectivity index (χ0n) is 18.5. The number of hydrogen-bond acceptors (Lipinski definition) is 2. The molecule has 5 heteroatoms. The molecular formula is C27H29ClN2O2. The van der Waals surface area contributed by atoms with Gasteiger partial charge in [-0.15, -0.1) is 0 Å². The third kappa shape index (κ3) is 6.96.